The van der Waals surface area contributed by atoms with E-state index in [1.807, 2.05) is 0 Å². The molecule has 30 heavy (non-hydrogen) atoms. The Morgan fingerprint density at radius 2 is 2.07 bits per heavy atom. The second-order valence-corrected chi connectivity index (χ2v) is 7.49. The number of halogens is 2. The number of benzene rings is 2. The maximum absolute atomic E-state index is 14.1. The van der Waals surface area contributed by atoms with Crippen LogP contribution in [0.3, 0.4) is 0 Å². The summed E-state index contributed by atoms with van der Waals surface area (Å²) < 4.78 is 12.8. The van der Waals surface area contributed by atoms with Gasteiger partial charge in [-0.2, -0.15) is 4.98 Å². The SMILES string of the molecule is Cc1cc(F)ccc1-c1nc(NCCO)nc2c1CNC[N+]2([O-])c1ccccc1Cl. The number of aliphatic hydroxyl groups excluding tert-OH is 1. The standard InChI is InChI=1S/C21H21ClFN5O2/c1-13-10-14(23)6-7-15(13)19-16-11-24-12-28(30,18-5-3-2-4-17(18)22)20(16)27-21(26-19)25-8-9-29/h2-7,10,24,29H,8-9,11-12H2,1H3,(H,25,26,27). The van der Waals surface area contributed by atoms with Gasteiger partial charge in [-0.05, 0) is 36.8 Å². The lowest BCUT2D eigenvalue weighted by molar-refractivity contribution is 0.310. The van der Waals surface area contributed by atoms with Gasteiger partial charge in [0.2, 0.25) is 11.8 Å². The van der Waals surface area contributed by atoms with E-state index in [4.69, 9.17) is 11.6 Å². The van der Waals surface area contributed by atoms with Crippen molar-refractivity contribution < 1.29 is 9.50 Å². The fourth-order valence-electron chi connectivity index (χ4n) is 3.65. The highest BCUT2D eigenvalue weighted by Crippen LogP contribution is 2.43. The molecular formula is C21H21ClFN5O2. The minimum absolute atomic E-state index is 0.0506. The van der Waals surface area contributed by atoms with Crippen molar-refractivity contribution in [1.82, 2.24) is 19.9 Å². The van der Waals surface area contributed by atoms with E-state index in [1.165, 1.54) is 12.1 Å². The number of rotatable bonds is 5. The summed E-state index contributed by atoms with van der Waals surface area (Å²) in [7, 11) is 0. The number of fused-ring (bicyclic) bond motifs is 1. The first-order valence-corrected chi connectivity index (χ1v) is 9.89. The van der Waals surface area contributed by atoms with Gasteiger partial charge >= 0.3 is 0 Å². The summed E-state index contributed by atoms with van der Waals surface area (Å²) in [5, 5.41) is 29.7. The molecule has 9 heteroatoms. The van der Waals surface area contributed by atoms with Crippen LogP contribution in [-0.4, -0.2) is 34.9 Å². The summed E-state index contributed by atoms with van der Waals surface area (Å²) in [6.45, 7) is 2.33. The van der Waals surface area contributed by atoms with E-state index in [-0.39, 0.29) is 37.4 Å². The maximum atomic E-state index is 14.1. The fourth-order valence-corrected chi connectivity index (χ4v) is 3.93. The van der Waals surface area contributed by atoms with Crippen LogP contribution in [0.2, 0.25) is 5.02 Å². The molecule has 0 aliphatic carbocycles. The van der Waals surface area contributed by atoms with Crippen molar-refractivity contribution in [3.8, 4) is 11.3 Å². The van der Waals surface area contributed by atoms with E-state index in [1.54, 1.807) is 37.3 Å². The molecule has 0 bridgehead atoms. The molecule has 1 unspecified atom stereocenters. The first kappa shape index (κ1) is 20.6. The normalized spacial score (nSPS) is 18.2. The summed E-state index contributed by atoms with van der Waals surface area (Å²) in [5.41, 5.74) is 2.92. The average molecular weight is 430 g/mol. The van der Waals surface area contributed by atoms with Gasteiger partial charge in [-0.3, -0.25) is 9.96 Å². The lowest BCUT2D eigenvalue weighted by Gasteiger charge is -2.44. The van der Waals surface area contributed by atoms with Crippen LogP contribution in [0.15, 0.2) is 42.5 Å². The highest BCUT2D eigenvalue weighted by Gasteiger charge is 2.36. The van der Waals surface area contributed by atoms with Gasteiger partial charge in [-0.1, -0.05) is 23.7 Å². The molecule has 1 aliphatic heterocycles. The summed E-state index contributed by atoms with van der Waals surface area (Å²) in [5.74, 6) is 0.130. The van der Waals surface area contributed by atoms with Gasteiger partial charge in [0.25, 0.3) is 0 Å². The molecule has 2 heterocycles. The minimum Gasteiger partial charge on any atom is -0.620 e. The number of hydrogen-bond donors (Lipinski definition) is 3. The number of nitrogens with one attached hydrogen (secondary N) is 2. The van der Waals surface area contributed by atoms with Gasteiger partial charge < -0.3 is 15.6 Å². The van der Waals surface area contributed by atoms with Gasteiger partial charge in [0.05, 0.1) is 17.9 Å². The minimum atomic E-state index is -0.904. The Bertz CT molecular complexity index is 1100. The van der Waals surface area contributed by atoms with Gasteiger partial charge in [0.15, 0.2) is 5.69 Å². The number of nitrogens with zero attached hydrogens (tertiary/aromatic N) is 3. The fraction of sp³-hybridized carbons (Fsp3) is 0.238. The molecule has 1 atom stereocenters. The number of aliphatic hydroxyl groups is 1. The zero-order valence-corrected chi connectivity index (χ0v) is 17.1. The Labute approximate surface area is 178 Å². The number of hydrogen-bond acceptors (Lipinski definition) is 6. The number of aromatic nitrogens is 2. The number of aryl methyl sites for hydroxylation is 1. The molecule has 4 rings (SSSR count). The quantitative estimate of drug-likeness (QED) is 0.421. The molecule has 2 aromatic carbocycles. The molecule has 3 N–H and O–H groups in total. The Balaban J connectivity index is 1.97. The van der Waals surface area contributed by atoms with E-state index >= 15 is 0 Å². The smallest absolute Gasteiger partial charge is 0.243 e. The third kappa shape index (κ3) is 3.64. The largest absolute Gasteiger partial charge is 0.620 e. The molecule has 3 aromatic rings. The third-order valence-corrected chi connectivity index (χ3v) is 5.36. The second kappa shape index (κ2) is 8.25. The molecule has 0 spiro atoms. The predicted octanol–water partition coefficient (Wildman–Crippen LogP) is 3.85. The highest BCUT2D eigenvalue weighted by molar-refractivity contribution is 6.33. The van der Waals surface area contributed by atoms with E-state index < -0.39 is 4.65 Å². The van der Waals surface area contributed by atoms with Crippen molar-refractivity contribution in [2.75, 3.05) is 25.1 Å². The van der Waals surface area contributed by atoms with Gasteiger partial charge in [-0.25, -0.2) is 9.37 Å². The lowest BCUT2D eigenvalue weighted by Crippen LogP contribution is -2.50. The van der Waals surface area contributed by atoms with Crippen molar-refractivity contribution in [1.29, 1.82) is 0 Å². The Morgan fingerprint density at radius 1 is 1.27 bits per heavy atom. The average Bonchev–Trinajstić information content (AvgIpc) is 2.73. The van der Waals surface area contributed by atoms with Crippen molar-refractivity contribution in [2.24, 2.45) is 0 Å². The molecule has 1 aliphatic rings. The van der Waals surface area contributed by atoms with Crippen LogP contribution in [0.25, 0.3) is 11.3 Å². The van der Waals surface area contributed by atoms with Crippen molar-refractivity contribution in [2.45, 2.75) is 13.5 Å². The van der Waals surface area contributed by atoms with Crippen LogP contribution in [0.4, 0.5) is 21.8 Å². The van der Waals surface area contributed by atoms with E-state index in [0.717, 1.165) is 0 Å². The monoisotopic (exact) mass is 429 g/mol. The number of hydroxylamine groups is 1. The highest BCUT2D eigenvalue weighted by atomic mass is 35.5. The molecule has 7 nitrogen and oxygen atoms in total. The zero-order valence-electron chi connectivity index (χ0n) is 16.3. The Hall–Kier alpha value is -2.62. The van der Waals surface area contributed by atoms with E-state index in [2.05, 4.69) is 20.6 Å². The predicted molar refractivity (Wildman–Crippen MR) is 116 cm³/mol. The van der Waals surface area contributed by atoms with Crippen LogP contribution in [0.1, 0.15) is 11.1 Å². The molecule has 0 fully saturated rings. The first-order valence-electron chi connectivity index (χ1n) is 9.51. The van der Waals surface area contributed by atoms with Crippen LogP contribution < -0.4 is 15.3 Å². The van der Waals surface area contributed by atoms with Crippen LogP contribution >= 0.6 is 11.6 Å². The molecule has 0 saturated heterocycles. The lowest BCUT2D eigenvalue weighted by atomic mass is 10.00. The van der Waals surface area contributed by atoms with Crippen molar-refractivity contribution in [3.05, 3.63) is 69.6 Å². The summed E-state index contributed by atoms with van der Waals surface area (Å²) in [6.07, 6.45) is 0. The van der Waals surface area contributed by atoms with Crippen molar-refractivity contribution in [3.63, 3.8) is 0 Å². The zero-order chi connectivity index (χ0) is 21.3. The van der Waals surface area contributed by atoms with Gasteiger partial charge in [-0.15, -0.1) is 0 Å². The van der Waals surface area contributed by atoms with Gasteiger partial charge in [0, 0.05) is 24.7 Å². The number of anilines is 1. The second-order valence-electron chi connectivity index (χ2n) is 7.08. The van der Waals surface area contributed by atoms with Crippen LogP contribution in [0.5, 0.6) is 0 Å². The summed E-state index contributed by atoms with van der Waals surface area (Å²) in [6, 6.07) is 11.3. The molecule has 0 amide bonds. The summed E-state index contributed by atoms with van der Waals surface area (Å²) >= 11 is 6.36. The van der Waals surface area contributed by atoms with E-state index in [0.29, 0.717) is 39.6 Å². The first-order chi connectivity index (χ1) is 14.4. The number of quaternary nitrogens is 1. The summed E-state index contributed by atoms with van der Waals surface area (Å²) in [4.78, 5) is 9.10. The molecule has 0 saturated carbocycles. The van der Waals surface area contributed by atoms with E-state index in [9.17, 15) is 14.7 Å². The van der Waals surface area contributed by atoms with Crippen LogP contribution in [0, 0.1) is 17.9 Å². The molecule has 0 radical (unpaired) electrons. The van der Waals surface area contributed by atoms with Crippen molar-refractivity contribution >= 4 is 29.1 Å². The number of para-hydroxylation sites is 1. The maximum Gasteiger partial charge on any atom is 0.243 e. The van der Waals surface area contributed by atoms with Gasteiger partial charge in [0.1, 0.15) is 17.5 Å². The molecule has 1 aromatic heterocycles. The topological polar surface area (TPSA) is 93.1 Å². The third-order valence-electron chi connectivity index (χ3n) is 5.04. The Morgan fingerprint density at radius 3 is 2.80 bits per heavy atom. The molecular weight excluding hydrogens is 409 g/mol. The molecule has 156 valence electrons. The van der Waals surface area contributed by atoms with Crippen LogP contribution in [-0.2, 0) is 6.54 Å². The Kier molecular flexibility index (Phi) is 5.68.